The topological polar surface area (TPSA) is 76.2 Å². The van der Waals surface area contributed by atoms with E-state index in [2.05, 4.69) is 28.1 Å². The summed E-state index contributed by atoms with van der Waals surface area (Å²) < 4.78 is 13.3. The van der Waals surface area contributed by atoms with Crippen LogP contribution in [0.5, 0.6) is 5.75 Å². The maximum Gasteiger partial charge on any atom is 0.163 e. The Bertz CT molecular complexity index is 737. The number of morpholine rings is 1. The van der Waals surface area contributed by atoms with Gasteiger partial charge in [-0.2, -0.15) is 5.26 Å². The molecule has 1 fully saturated rings. The Morgan fingerprint density at radius 1 is 1.46 bits per heavy atom. The predicted octanol–water partition coefficient (Wildman–Crippen LogP) is 1.75. The molecule has 0 aliphatic carbocycles. The van der Waals surface area contributed by atoms with Crippen LogP contribution in [0.2, 0.25) is 0 Å². The molecule has 2 aromatic rings. The van der Waals surface area contributed by atoms with E-state index in [-0.39, 0.29) is 6.10 Å². The van der Waals surface area contributed by atoms with Gasteiger partial charge in [-0.3, -0.25) is 4.90 Å². The second-order valence-corrected chi connectivity index (χ2v) is 5.71. The zero-order valence-electron chi connectivity index (χ0n) is 14.0. The highest BCUT2D eigenvalue weighted by atomic mass is 16.5. The van der Waals surface area contributed by atoms with Crippen LogP contribution >= 0.6 is 0 Å². The molecule has 0 saturated carbocycles. The maximum atomic E-state index is 9.01. The molecule has 1 atom stereocenters. The summed E-state index contributed by atoms with van der Waals surface area (Å²) in [6, 6.07) is 7.70. The number of hydrogen-bond acceptors (Lipinski definition) is 6. The van der Waals surface area contributed by atoms with Gasteiger partial charge < -0.3 is 14.0 Å². The lowest BCUT2D eigenvalue weighted by molar-refractivity contribution is -0.0390. The molecule has 24 heavy (non-hydrogen) atoms. The van der Waals surface area contributed by atoms with Gasteiger partial charge in [0.25, 0.3) is 0 Å². The van der Waals surface area contributed by atoms with E-state index in [1.165, 1.54) is 0 Å². The number of nitriles is 1. The predicted molar refractivity (Wildman–Crippen MR) is 87.4 cm³/mol. The molecule has 0 N–H and O–H groups in total. The van der Waals surface area contributed by atoms with Gasteiger partial charge in [-0.05, 0) is 19.1 Å². The number of ether oxygens (including phenoxy) is 2. The molecule has 0 bridgehead atoms. The van der Waals surface area contributed by atoms with E-state index in [4.69, 9.17) is 14.7 Å². The summed E-state index contributed by atoms with van der Waals surface area (Å²) in [6.07, 6.45) is 1.66. The van der Waals surface area contributed by atoms with E-state index in [1.54, 1.807) is 19.5 Å². The van der Waals surface area contributed by atoms with Gasteiger partial charge in [-0.15, -0.1) is 10.2 Å². The van der Waals surface area contributed by atoms with Crippen molar-refractivity contribution in [2.45, 2.75) is 26.1 Å². The fourth-order valence-corrected chi connectivity index (χ4v) is 2.94. The highest BCUT2D eigenvalue weighted by Crippen LogP contribution is 2.25. The lowest BCUT2D eigenvalue weighted by atomic mass is 10.1. The molecule has 7 nitrogen and oxygen atoms in total. The first-order chi connectivity index (χ1) is 11.7. The number of methoxy groups -OCH3 is 1. The van der Waals surface area contributed by atoms with Crippen molar-refractivity contribution in [3.63, 3.8) is 0 Å². The van der Waals surface area contributed by atoms with E-state index in [1.807, 2.05) is 16.7 Å². The standard InChI is InChI=1S/C17H21N5O2/c1-3-22-12-19-20-17(22)16-11-21(6-7-24-16)10-14-5-4-13(9-18)8-15(14)23-2/h4-5,8,12,16H,3,6-7,10-11H2,1-2H3/t16-/m0/s1. The van der Waals surface area contributed by atoms with Crippen molar-refractivity contribution in [2.24, 2.45) is 0 Å². The van der Waals surface area contributed by atoms with Gasteiger partial charge in [0.1, 0.15) is 18.2 Å². The first-order valence-electron chi connectivity index (χ1n) is 8.03. The van der Waals surface area contributed by atoms with Crippen molar-refractivity contribution in [3.05, 3.63) is 41.5 Å². The average Bonchev–Trinajstić information content (AvgIpc) is 3.11. The highest BCUT2D eigenvalue weighted by Gasteiger charge is 2.26. The summed E-state index contributed by atoms with van der Waals surface area (Å²) in [7, 11) is 1.63. The second-order valence-electron chi connectivity index (χ2n) is 5.71. The average molecular weight is 327 g/mol. The summed E-state index contributed by atoms with van der Waals surface area (Å²) in [5, 5.41) is 17.2. The zero-order chi connectivity index (χ0) is 16.9. The molecule has 126 valence electrons. The summed E-state index contributed by atoms with van der Waals surface area (Å²) in [4.78, 5) is 2.31. The van der Waals surface area contributed by atoms with Crippen LogP contribution in [-0.2, 0) is 17.8 Å². The molecule has 0 unspecified atom stereocenters. The van der Waals surface area contributed by atoms with E-state index < -0.39 is 0 Å². The monoisotopic (exact) mass is 327 g/mol. The largest absolute Gasteiger partial charge is 0.496 e. The SMILES string of the molecule is CCn1cnnc1[C@@H]1CN(Cc2ccc(C#N)cc2OC)CCO1. The molecular formula is C17H21N5O2. The van der Waals surface area contributed by atoms with Crippen LogP contribution < -0.4 is 4.74 Å². The third kappa shape index (κ3) is 3.40. The number of hydrogen-bond donors (Lipinski definition) is 0. The van der Waals surface area contributed by atoms with Crippen molar-refractivity contribution < 1.29 is 9.47 Å². The van der Waals surface area contributed by atoms with Gasteiger partial charge in [0.15, 0.2) is 5.82 Å². The molecule has 0 spiro atoms. The number of aryl methyl sites for hydroxylation is 1. The van der Waals surface area contributed by atoms with Crippen molar-refractivity contribution in [3.8, 4) is 11.8 Å². The summed E-state index contributed by atoms with van der Waals surface area (Å²) in [6.45, 7) is 5.89. The van der Waals surface area contributed by atoms with Crippen LogP contribution in [0, 0.1) is 11.3 Å². The van der Waals surface area contributed by atoms with Gasteiger partial charge >= 0.3 is 0 Å². The minimum atomic E-state index is -0.0782. The Labute approximate surface area is 141 Å². The van der Waals surface area contributed by atoms with Crippen LogP contribution in [0.25, 0.3) is 0 Å². The molecule has 0 amide bonds. The quantitative estimate of drug-likeness (QED) is 0.833. The minimum Gasteiger partial charge on any atom is -0.496 e. The van der Waals surface area contributed by atoms with Crippen LogP contribution in [0.3, 0.4) is 0 Å². The van der Waals surface area contributed by atoms with Gasteiger partial charge in [0.05, 0.1) is 25.3 Å². The molecule has 3 rings (SSSR count). The lowest BCUT2D eigenvalue weighted by Crippen LogP contribution is -2.38. The van der Waals surface area contributed by atoms with Crippen molar-refractivity contribution in [1.29, 1.82) is 5.26 Å². The molecule has 1 aromatic carbocycles. The molecule has 0 radical (unpaired) electrons. The molecular weight excluding hydrogens is 306 g/mol. The van der Waals surface area contributed by atoms with E-state index >= 15 is 0 Å². The van der Waals surface area contributed by atoms with Gasteiger partial charge in [0.2, 0.25) is 0 Å². The lowest BCUT2D eigenvalue weighted by Gasteiger charge is -2.32. The van der Waals surface area contributed by atoms with E-state index in [9.17, 15) is 0 Å². The Kier molecular flexibility index (Phi) is 5.08. The third-order valence-electron chi connectivity index (χ3n) is 4.23. The fourth-order valence-electron chi connectivity index (χ4n) is 2.94. The Morgan fingerprint density at radius 3 is 3.08 bits per heavy atom. The van der Waals surface area contributed by atoms with Crippen molar-refractivity contribution in [1.82, 2.24) is 19.7 Å². The van der Waals surface area contributed by atoms with Crippen LogP contribution in [0.15, 0.2) is 24.5 Å². The fraction of sp³-hybridized carbons (Fsp3) is 0.471. The number of benzene rings is 1. The number of nitrogens with zero attached hydrogens (tertiary/aromatic N) is 5. The smallest absolute Gasteiger partial charge is 0.163 e. The van der Waals surface area contributed by atoms with E-state index in [0.29, 0.717) is 12.2 Å². The molecule has 1 aliphatic heterocycles. The third-order valence-corrected chi connectivity index (χ3v) is 4.23. The maximum absolute atomic E-state index is 9.01. The van der Waals surface area contributed by atoms with Crippen LogP contribution in [0.4, 0.5) is 0 Å². The summed E-state index contributed by atoms with van der Waals surface area (Å²) >= 11 is 0. The van der Waals surface area contributed by atoms with Crippen molar-refractivity contribution >= 4 is 0 Å². The van der Waals surface area contributed by atoms with Gasteiger partial charge in [0, 0.05) is 31.7 Å². The Hall–Kier alpha value is -2.43. The zero-order valence-corrected chi connectivity index (χ0v) is 14.0. The highest BCUT2D eigenvalue weighted by molar-refractivity contribution is 5.42. The Morgan fingerprint density at radius 2 is 2.33 bits per heavy atom. The first kappa shape index (κ1) is 16.4. The normalized spacial score (nSPS) is 18.3. The molecule has 2 heterocycles. The molecule has 1 aromatic heterocycles. The van der Waals surface area contributed by atoms with E-state index in [0.717, 1.165) is 43.3 Å². The molecule has 1 aliphatic rings. The summed E-state index contributed by atoms with van der Waals surface area (Å²) in [5.41, 5.74) is 1.67. The minimum absolute atomic E-state index is 0.0782. The summed E-state index contributed by atoms with van der Waals surface area (Å²) in [5.74, 6) is 1.61. The van der Waals surface area contributed by atoms with Gasteiger partial charge in [-0.25, -0.2) is 0 Å². The van der Waals surface area contributed by atoms with Crippen LogP contribution in [0.1, 0.15) is 30.0 Å². The number of rotatable bonds is 5. The second kappa shape index (κ2) is 7.43. The first-order valence-corrected chi connectivity index (χ1v) is 8.03. The molecule has 1 saturated heterocycles. The van der Waals surface area contributed by atoms with Crippen molar-refractivity contribution in [2.75, 3.05) is 26.8 Å². The van der Waals surface area contributed by atoms with Crippen LogP contribution in [-0.4, -0.2) is 46.5 Å². The molecule has 7 heteroatoms. The van der Waals surface area contributed by atoms with Gasteiger partial charge in [-0.1, -0.05) is 6.07 Å². The Balaban J connectivity index is 1.73. The number of aromatic nitrogens is 3.